The summed E-state index contributed by atoms with van der Waals surface area (Å²) in [6, 6.07) is 56.8. The Hall–Kier alpha value is -4.88. The lowest BCUT2D eigenvalue weighted by Gasteiger charge is -2.25. The molecule has 43 heavy (non-hydrogen) atoms. The number of hydrogen-bond acceptors (Lipinski definition) is 1. The first kappa shape index (κ1) is 32.6. The largest absolute Gasteiger partial charge is 0.311 e. The Morgan fingerprint density at radius 1 is 0.233 bits per heavy atom. The van der Waals surface area contributed by atoms with Crippen LogP contribution in [-0.2, 0) is 0 Å². The van der Waals surface area contributed by atoms with E-state index in [-0.39, 0.29) is 0 Å². The molecule has 0 aliphatic rings. The van der Waals surface area contributed by atoms with Gasteiger partial charge in [0.25, 0.3) is 0 Å². The quantitative estimate of drug-likeness (QED) is 0.207. The Morgan fingerprint density at radius 2 is 0.419 bits per heavy atom. The molecule has 1 heteroatoms. The highest BCUT2D eigenvalue weighted by atomic mass is 15.1. The van der Waals surface area contributed by atoms with Gasteiger partial charge >= 0.3 is 0 Å². The summed E-state index contributed by atoms with van der Waals surface area (Å²) in [6.45, 7) is 12.6. The van der Waals surface area contributed by atoms with Gasteiger partial charge in [0.05, 0.1) is 0 Å². The Kier molecular flexibility index (Phi) is 13.5. The fraction of sp³-hybridized carbons (Fsp3) is 0.143. The van der Waals surface area contributed by atoms with Crippen molar-refractivity contribution >= 4 is 17.1 Å². The molecule has 0 N–H and O–H groups in total. The molecular formula is C42H45N. The van der Waals surface area contributed by atoms with E-state index in [1.54, 1.807) is 0 Å². The van der Waals surface area contributed by atoms with Crippen molar-refractivity contribution in [2.45, 2.75) is 41.5 Å². The standard InChI is InChI=1S/C21H21N.3C7H8/c1-16-4-10-19(11-5-16)22(20-12-6-17(2)7-13-20)21-14-8-18(3)9-15-21;3*1-7-5-3-2-4-6-7/h4-15H,1-3H3;3*2-6H,1H3. The molecule has 0 atom stereocenters. The van der Waals surface area contributed by atoms with Crippen molar-refractivity contribution in [3.8, 4) is 0 Å². The van der Waals surface area contributed by atoms with Gasteiger partial charge in [-0.15, -0.1) is 0 Å². The second-order valence-electron chi connectivity index (χ2n) is 10.8. The highest BCUT2D eigenvalue weighted by Crippen LogP contribution is 2.34. The summed E-state index contributed by atoms with van der Waals surface area (Å²) in [5.74, 6) is 0. The average Bonchev–Trinajstić information content (AvgIpc) is 3.02. The van der Waals surface area contributed by atoms with E-state index in [0.717, 1.165) is 0 Å². The van der Waals surface area contributed by atoms with Crippen LogP contribution < -0.4 is 4.90 Å². The van der Waals surface area contributed by atoms with E-state index in [0.29, 0.717) is 0 Å². The van der Waals surface area contributed by atoms with Crippen molar-refractivity contribution in [3.05, 3.63) is 197 Å². The molecule has 1 nitrogen and oxygen atoms in total. The fourth-order valence-electron chi connectivity index (χ4n) is 4.13. The molecule has 0 aliphatic heterocycles. The molecule has 218 valence electrons. The third-order valence-corrected chi connectivity index (χ3v) is 6.70. The van der Waals surface area contributed by atoms with Crippen LogP contribution in [0.2, 0.25) is 0 Å². The van der Waals surface area contributed by atoms with Crippen molar-refractivity contribution in [1.82, 2.24) is 0 Å². The van der Waals surface area contributed by atoms with Crippen LogP contribution in [0.25, 0.3) is 0 Å². The number of hydrogen-bond donors (Lipinski definition) is 0. The van der Waals surface area contributed by atoms with Gasteiger partial charge in [-0.25, -0.2) is 0 Å². The summed E-state index contributed by atoms with van der Waals surface area (Å²) < 4.78 is 0. The molecule has 6 aromatic carbocycles. The summed E-state index contributed by atoms with van der Waals surface area (Å²) >= 11 is 0. The lowest BCUT2D eigenvalue weighted by atomic mass is 10.1. The molecule has 6 rings (SSSR count). The molecule has 0 aromatic heterocycles. The summed E-state index contributed by atoms with van der Waals surface area (Å²) in [6.07, 6.45) is 0. The summed E-state index contributed by atoms with van der Waals surface area (Å²) in [5, 5.41) is 0. The van der Waals surface area contributed by atoms with Gasteiger partial charge in [0.1, 0.15) is 0 Å². The predicted octanol–water partition coefficient (Wildman–Crippen LogP) is 12.1. The van der Waals surface area contributed by atoms with Crippen LogP contribution >= 0.6 is 0 Å². The maximum atomic E-state index is 2.29. The van der Waals surface area contributed by atoms with Crippen LogP contribution in [0.4, 0.5) is 17.1 Å². The van der Waals surface area contributed by atoms with E-state index >= 15 is 0 Å². The van der Waals surface area contributed by atoms with E-state index < -0.39 is 0 Å². The Morgan fingerprint density at radius 3 is 0.581 bits per heavy atom. The molecule has 0 radical (unpaired) electrons. The number of benzene rings is 6. The monoisotopic (exact) mass is 563 g/mol. The van der Waals surface area contributed by atoms with Gasteiger partial charge in [0.2, 0.25) is 0 Å². The van der Waals surface area contributed by atoms with Crippen LogP contribution in [0.5, 0.6) is 0 Å². The van der Waals surface area contributed by atoms with Gasteiger partial charge in [-0.05, 0) is 77.9 Å². The van der Waals surface area contributed by atoms with Gasteiger partial charge in [-0.2, -0.15) is 0 Å². The zero-order valence-electron chi connectivity index (χ0n) is 26.5. The highest BCUT2D eigenvalue weighted by molar-refractivity contribution is 5.76. The van der Waals surface area contributed by atoms with E-state index in [2.05, 4.69) is 156 Å². The smallest absolute Gasteiger partial charge is 0.0461 e. The number of aryl methyl sites for hydroxylation is 6. The summed E-state index contributed by atoms with van der Waals surface area (Å²) in [4.78, 5) is 2.29. The third-order valence-electron chi connectivity index (χ3n) is 6.70. The van der Waals surface area contributed by atoms with Gasteiger partial charge in [-0.1, -0.05) is 161 Å². The average molecular weight is 564 g/mol. The summed E-state index contributed by atoms with van der Waals surface area (Å²) in [5.41, 5.74) is 11.3. The van der Waals surface area contributed by atoms with Crippen LogP contribution in [0.3, 0.4) is 0 Å². The molecule has 0 spiro atoms. The third kappa shape index (κ3) is 12.3. The minimum absolute atomic E-state index is 1.18. The van der Waals surface area contributed by atoms with Crippen LogP contribution in [0.15, 0.2) is 164 Å². The second-order valence-corrected chi connectivity index (χ2v) is 10.8. The van der Waals surface area contributed by atoms with Gasteiger partial charge < -0.3 is 4.90 Å². The van der Waals surface area contributed by atoms with E-state index in [1.165, 1.54) is 50.4 Å². The van der Waals surface area contributed by atoms with Crippen molar-refractivity contribution in [2.24, 2.45) is 0 Å². The lowest BCUT2D eigenvalue weighted by molar-refractivity contribution is 1.26. The lowest BCUT2D eigenvalue weighted by Crippen LogP contribution is -2.09. The molecular weight excluding hydrogens is 518 g/mol. The number of rotatable bonds is 3. The Labute approximate surface area is 260 Å². The van der Waals surface area contributed by atoms with Crippen molar-refractivity contribution in [3.63, 3.8) is 0 Å². The first-order chi connectivity index (χ1) is 20.8. The topological polar surface area (TPSA) is 3.24 Å². The zero-order chi connectivity index (χ0) is 30.9. The zero-order valence-corrected chi connectivity index (χ0v) is 26.5. The van der Waals surface area contributed by atoms with E-state index in [1.807, 2.05) is 54.6 Å². The highest BCUT2D eigenvalue weighted by Gasteiger charge is 2.11. The van der Waals surface area contributed by atoms with Crippen molar-refractivity contribution in [1.29, 1.82) is 0 Å². The van der Waals surface area contributed by atoms with Gasteiger partial charge in [-0.3, -0.25) is 0 Å². The number of nitrogens with zero attached hydrogens (tertiary/aromatic N) is 1. The fourth-order valence-corrected chi connectivity index (χ4v) is 4.13. The maximum absolute atomic E-state index is 2.29. The van der Waals surface area contributed by atoms with Gasteiger partial charge in [0, 0.05) is 17.1 Å². The Balaban J connectivity index is 0.000000194. The molecule has 0 amide bonds. The summed E-state index contributed by atoms with van der Waals surface area (Å²) in [7, 11) is 0. The van der Waals surface area contributed by atoms with Crippen molar-refractivity contribution < 1.29 is 0 Å². The van der Waals surface area contributed by atoms with Crippen molar-refractivity contribution in [2.75, 3.05) is 4.90 Å². The second kappa shape index (κ2) is 17.8. The molecule has 0 fully saturated rings. The molecule has 0 heterocycles. The first-order valence-electron chi connectivity index (χ1n) is 14.9. The molecule has 0 unspecified atom stereocenters. The minimum atomic E-state index is 1.18. The van der Waals surface area contributed by atoms with Gasteiger partial charge in [0.15, 0.2) is 0 Å². The molecule has 0 aliphatic carbocycles. The van der Waals surface area contributed by atoms with Crippen LogP contribution in [0, 0.1) is 41.5 Å². The minimum Gasteiger partial charge on any atom is -0.311 e. The normalized spacial score (nSPS) is 9.63. The van der Waals surface area contributed by atoms with E-state index in [4.69, 9.17) is 0 Å². The number of anilines is 3. The SMILES string of the molecule is Cc1ccc(N(c2ccc(C)cc2)c2ccc(C)cc2)cc1.Cc1ccccc1.Cc1ccccc1.Cc1ccccc1. The van der Waals surface area contributed by atoms with Crippen LogP contribution in [0.1, 0.15) is 33.4 Å². The molecule has 6 aromatic rings. The predicted molar refractivity (Wildman–Crippen MR) is 189 cm³/mol. The van der Waals surface area contributed by atoms with Crippen LogP contribution in [-0.4, -0.2) is 0 Å². The molecule has 0 bridgehead atoms. The van der Waals surface area contributed by atoms with E-state index in [9.17, 15) is 0 Å². The Bertz CT molecular complexity index is 1360. The maximum Gasteiger partial charge on any atom is 0.0461 e. The first-order valence-corrected chi connectivity index (χ1v) is 14.9. The molecule has 0 saturated carbocycles. The molecule has 0 saturated heterocycles.